The van der Waals surface area contributed by atoms with Crippen LogP contribution in [0.5, 0.6) is 11.5 Å². The number of hydrogen-bond acceptors (Lipinski definition) is 6. The monoisotopic (exact) mass is 506 g/mol. The predicted octanol–water partition coefficient (Wildman–Crippen LogP) is 4.75. The molecule has 0 saturated carbocycles. The third-order valence-corrected chi connectivity index (χ3v) is 5.70. The molecular formula is C25H31ClN2O7. The van der Waals surface area contributed by atoms with Crippen molar-refractivity contribution in [1.29, 1.82) is 0 Å². The molecule has 1 atom stereocenters. The van der Waals surface area contributed by atoms with E-state index in [1.165, 1.54) is 12.3 Å². The lowest BCUT2D eigenvalue weighted by Crippen LogP contribution is -2.33. The third kappa shape index (κ3) is 6.48. The SMILES string of the molecule is CC(C)[C@@H]1COc2cc(OCCCNC(=O)OC(C)(C)C)c(Cl)cc2-c2cc(=O)c(C(=O)O)cn21. The summed E-state index contributed by atoms with van der Waals surface area (Å²) in [5, 5.41) is 12.4. The molecule has 1 aromatic heterocycles. The minimum atomic E-state index is -1.28. The van der Waals surface area contributed by atoms with E-state index in [2.05, 4.69) is 5.32 Å². The minimum absolute atomic E-state index is 0.107. The molecule has 0 bridgehead atoms. The lowest BCUT2D eigenvalue weighted by molar-refractivity contribution is 0.0525. The maximum absolute atomic E-state index is 12.5. The highest BCUT2D eigenvalue weighted by Gasteiger charge is 2.28. The molecule has 1 aliphatic rings. The smallest absolute Gasteiger partial charge is 0.407 e. The number of hydrogen-bond donors (Lipinski definition) is 2. The van der Waals surface area contributed by atoms with E-state index in [0.717, 1.165) is 0 Å². The fourth-order valence-electron chi connectivity index (χ4n) is 3.69. The molecule has 0 radical (unpaired) electrons. The summed E-state index contributed by atoms with van der Waals surface area (Å²) >= 11 is 6.49. The number of carbonyl (C=O) groups is 2. The molecule has 9 nitrogen and oxygen atoms in total. The van der Waals surface area contributed by atoms with Gasteiger partial charge in [0.1, 0.15) is 29.3 Å². The van der Waals surface area contributed by atoms with Crippen LogP contribution in [-0.4, -0.2) is 47.1 Å². The van der Waals surface area contributed by atoms with Gasteiger partial charge in [-0.1, -0.05) is 25.4 Å². The summed E-state index contributed by atoms with van der Waals surface area (Å²) in [5.41, 5.74) is -0.349. The summed E-state index contributed by atoms with van der Waals surface area (Å²) in [4.78, 5) is 35.8. The fourth-order valence-corrected chi connectivity index (χ4v) is 3.91. The van der Waals surface area contributed by atoms with Crippen molar-refractivity contribution in [3.05, 3.63) is 45.2 Å². The number of alkyl carbamates (subject to hydrolysis) is 1. The van der Waals surface area contributed by atoms with E-state index in [0.29, 0.717) is 47.4 Å². The second-order valence-electron chi connectivity index (χ2n) is 9.68. The summed E-state index contributed by atoms with van der Waals surface area (Å²) in [6.45, 7) is 10.3. The number of carboxylic acids is 1. The number of carboxylic acid groups (broad SMARTS) is 1. The lowest BCUT2D eigenvalue weighted by atomic mass is 10.0. The molecule has 0 spiro atoms. The summed E-state index contributed by atoms with van der Waals surface area (Å²) in [7, 11) is 0. The van der Waals surface area contributed by atoms with E-state index in [4.69, 9.17) is 25.8 Å². The molecule has 0 aliphatic carbocycles. The second kappa shape index (κ2) is 10.6. The average molecular weight is 507 g/mol. The molecule has 1 aliphatic heterocycles. The first-order valence-corrected chi connectivity index (χ1v) is 11.8. The van der Waals surface area contributed by atoms with Crippen LogP contribution >= 0.6 is 11.6 Å². The van der Waals surface area contributed by atoms with Crippen molar-refractivity contribution in [3.8, 4) is 22.8 Å². The highest BCUT2D eigenvalue weighted by molar-refractivity contribution is 6.32. The number of nitrogens with one attached hydrogen (secondary N) is 1. The molecule has 1 aromatic carbocycles. The van der Waals surface area contributed by atoms with Gasteiger partial charge in [0.2, 0.25) is 0 Å². The van der Waals surface area contributed by atoms with Crippen LogP contribution in [0.3, 0.4) is 0 Å². The normalized spacial score (nSPS) is 14.9. The number of pyridine rings is 1. The van der Waals surface area contributed by atoms with Crippen LogP contribution in [0.15, 0.2) is 29.2 Å². The van der Waals surface area contributed by atoms with Crippen LogP contribution in [0.25, 0.3) is 11.3 Å². The minimum Gasteiger partial charge on any atom is -0.492 e. The van der Waals surface area contributed by atoms with Gasteiger partial charge in [-0.2, -0.15) is 0 Å². The number of amides is 1. The average Bonchev–Trinajstić information content (AvgIpc) is 2.88. The van der Waals surface area contributed by atoms with E-state index >= 15 is 0 Å². The van der Waals surface area contributed by atoms with Crippen molar-refractivity contribution in [2.45, 2.75) is 52.7 Å². The maximum atomic E-state index is 12.5. The van der Waals surface area contributed by atoms with Crippen molar-refractivity contribution in [3.63, 3.8) is 0 Å². The van der Waals surface area contributed by atoms with Gasteiger partial charge < -0.3 is 29.2 Å². The van der Waals surface area contributed by atoms with Crippen molar-refractivity contribution >= 4 is 23.7 Å². The molecule has 1 amide bonds. The van der Waals surface area contributed by atoms with Gasteiger partial charge in [-0.05, 0) is 39.2 Å². The fraction of sp³-hybridized carbons (Fsp3) is 0.480. The van der Waals surface area contributed by atoms with Crippen LogP contribution in [0, 0.1) is 5.92 Å². The van der Waals surface area contributed by atoms with E-state index < -0.39 is 23.1 Å². The van der Waals surface area contributed by atoms with Crippen LogP contribution in [0.4, 0.5) is 4.79 Å². The number of halogens is 1. The number of nitrogens with zero attached hydrogens (tertiary/aromatic N) is 1. The molecular weight excluding hydrogens is 476 g/mol. The Hall–Kier alpha value is -3.20. The zero-order chi connectivity index (χ0) is 25.9. The standard InChI is InChI=1S/C25H31ClN2O7/c1-14(2)19-13-34-21-11-22(33-8-6-7-27-24(32)35-25(3,4)5)17(26)9-15(21)18-10-20(29)16(23(30)31)12-28(18)19/h9-12,14,19H,6-8,13H2,1-5H3,(H,27,32)(H,30,31)/t19-/m0/s1. The van der Waals surface area contributed by atoms with E-state index in [1.54, 1.807) is 37.5 Å². The van der Waals surface area contributed by atoms with Gasteiger partial charge in [-0.15, -0.1) is 0 Å². The number of carbonyl (C=O) groups excluding carboxylic acids is 1. The van der Waals surface area contributed by atoms with Gasteiger partial charge in [0.15, 0.2) is 5.43 Å². The Labute approximate surface area is 208 Å². The summed E-state index contributed by atoms with van der Waals surface area (Å²) < 4.78 is 18.8. The summed E-state index contributed by atoms with van der Waals surface area (Å²) in [5.74, 6) is -0.283. The Bertz CT molecular complexity index is 1170. The zero-order valence-corrected chi connectivity index (χ0v) is 21.3. The topological polar surface area (TPSA) is 116 Å². The van der Waals surface area contributed by atoms with Gasteiger partial charge in [-0.3, -0.25) is 4.79 Å². The Morgan fingerprint density at radius 2 is 2.00 bits per heavy atom. The number of benzene rings is 1. The highest BCUT2D eigenvalue weighted by Crippen LogP contribution is 2.42. The second-order valence-corrected chi connectivity index (χ2v) is 10.1. The van der Waals surface area contributed by atoms with Crippen molar-refractivity contribution < 1.29 is 28.9 Å². The molecule has 10 heteroatoms. The van der Waals surface area contributed by atoms with Gasteiger partial charge >= 0.3 is 12.1 Å². The number of rotatable bonds is 7. The lowest BCUT2D eigenvalue weighted by Gasteiger charge is -2.24. The van der Waals surface area contributed by atoms with Gasteiger partial charge in [0.25, 0.3) is 0 Å². The zero-order valence-electron chi connectivity index (χ0n) is 20.5. The van der Waals surface area contributed by atoms with Crippen molar-refractivity contribution in [2.75, 3.05) is 19.8 Å². The van der Waals surface area contributed by atoms with E-state index in [-0.39, 0.29) is 24.1 Å². The highest BCUT2D eigenvalue weighted by atomic mass is 35.5. The first kappa shape index (κ1) is 26.4. The number of ether oxygens (including phenoxy) is 3. The number of aromatic nitrogens is 1. The predicted molar refractivity (Wildman–Crippen MR) is 132 cm³/mol. The molecule has 2 aromatic rings. The van der Waals surface area contributed by atoms with Gasteiger partial charge in [-0.25, -0.2) is 9.59 Å². The first-order valence-electron chi connectivity index (χ1n) is 11.4. The molecule has 0 fully saturated rings. The van der Waals surface area contributed by atoms with E-state index in [9.17, 15) is 19.5 Å². The molecule has 2 N–H and O–H groups in total. The third-order valence-electron chi connectivity index (χ3n) is 5.40. The van der Waals surface area contributed by atoms with Crippen LogP contribution in [-0.2, 0) is 4.74 Å². The molecule has 190 valence electrons. The molecule has 2 heterocycles. The molecule has 0 unspecified atom stereocenters. The number of fused-ring (bicyclic) bond motifs is 3. The number of aromatic carboxylic acids is 1. The molecule has 0 saturated heterocycles. The Balaban J connectivity index is 1.80. The Morgan fingerprint density at radius 1 is 1.29 bits per heavy atom. The Morgan fingerprint density at radius 3 is 2.63 bits per heavy atom. The van der Waals surface area contributed by atoms with Crippen molar-refractivity contribution in [2.24, 2.45) is 5.92 Å². The van der Waals surface area contributed by atoms with Crippen molar-refractivity contribution in [1.82, 2.24) is 9.88 Å². The largest absolute Gasteiger partial charge is 0.492 e. The quantitative estimate of drug-likeness (QED) is 0.520. The van der Waals surface area contributed by atoms with E-state index in [1.807, 2.05) is 13.8 Å². The first-order chi connectivity index (χ1) is 16.4. The molecule has 3 rings (SSSR count). The van der Waals surface area contributed by atoms with Crippen LogP contribution in [0.1, 0.15) is 57.4 Å². The van der Waals surface area contributed by atoms with Crippen LogP contribution in [0.2, 0.25) is 5.02 Å². The maximum Gasteiger partial charge on any atom is 0.407 e. The summed E-state index contributed by atoms with van der Waals surface area (Å²) in [6.07, 6.45) is 1.41. The summed E-state index contributed by atoms with van der Waals surface area (Å²) in [6, 6.07) is 4.44. The molecule has 35 heavy (non-hydrogen) atoms. The van der Waals surface area contributed by atoms with Gasteiger partial charge in [0.05, 0.1) is 23.4 Å². The Kier molecular flexibility index (Phi) is 8.00. The van der Waals surface area contributed by atoms with Gasteiger partial charge in [0, 0.05) is 30.4 Å². The van der Waals surface area contributed by atoms with Crippen LogP contribution < -0.4 is 20.2 Å².